The second kappa shape index (κ2) is 10.9. The number of likely N-dealkylation sites (N-methyl/N-ethyl adjacent to an activating group) is 1. The predicted octanol–water partition coefficient (Wildman–Crippen LogP) is 4.17. The summed E-state index contributed by atoms with van der Waals surface area (Å²) in [5, 5.41) is 0. The molecule has 2 heterocycles. The van der Waals surface area contributed by atoms with Gasteiger partial charge in [-0.1, -0.05) is 18.2 Å². The fourth-order valence-corrected chi connectivity index (χ4v) is 4.92. The molecule has 9 heteroatoms. The first kappa shape index (κ1) is 26.0. The summed E-state index contributed by atoms with van der Waals surface area (Å²) in [6.45, 7) is 4.02. The van der Waals surface area contributed by atoms with E-state index in [2.05, 4.69) is 4.90 Å². The van der Waals surface area contributed by atoms with Gasteiger partial charge in [0, 0.05) is 56.7 Å². The zero-order valence-electron chi connectivity index (χ0n) is 20.5. The molecule has 0 spiro atoms. The van der Waals surface area contributed by atoms with Crippen molar-refractivity contribution in [1.29, 1.82) is 0 Å². The van der Waals surface area contributed by atoms with Crippen molar-refractivity contribution in [1.82, 2.24) is 14.7 Å². The van der Waals surface area contributed by atoms with Crippen LogP contribution in [0.25, 0.3) is 0 Å². The summed E-state index contributed by atoms with van der Waals surface area (Å²) >= 11 is 0. The van der Waals surface area contributed by atoms with Crippen LogP contribution >= 0.6 is 0 Å². The van der Waals surface area contributed by atoms with Crippen LogP contribution in [0.3, 0.4) is 0 Å². The molecule has 2 fully saturated rings. The fourth-order valence-electron chi connectivity index (χ4n) is 4.92. The highest BCUT2D eigenvalue weighted by Gasteiger charge is 2.41. The van der Waals surface area contributed by atoms with Crippen LogP contribution in [0.15, 0.2) is 54.6 Å². The number of alkyl halides is 3. The Balaban J connectivity index is 1.51. The van der Waals surface area contributed by atoms with Crippen LogP contribution in [0.1, 0.15) is 35.2 Å². The van der Waals surface area contributed by atoms with Gasteiger partial charge in [-0.3, -0.25) is 9.59 Å². The third-order valence-electron chi connectivity index (χ3n) is 7.08. The minimum absolute atomic E-state index is 0.0450. The SMILES string of the molecule is CN1CCN(C(=O)CC2(COc3ccccc3)CCCN(C(=O)c3ccc(C(F)(F)F)cc3)C2)CC1. The minimum atomic E-state index is -4.46. The van der Waals surface area contributed by atoms with Gasteiger partial charge in [0.1, 0.15) is 5.75 Å². The fraction of sp³-hybridized carbons (Fsp3) is 0.481. The van der Waals surface area contributed by atoms with Gasteiger partial charge in [0.25, 0.3) is 5.91 Å². The summed E-state index contributed by atoms with van der Waals surface area (Å²) < 4.78 is 45.0. The van der Waals surface area contributed by atoms with E-state index in [9.17, 15) is 22.8 Å². The number of piperazine rings is 1. The lowest BCUT2D eigenvalue weighted by atomic mass is 9.77. The lowest BCUT2D eigenvalue weighted by Gasteiger charge is -2.43. The summed E-state index contributed by atoms with van der Waals surface area (Å²) in [6.07, 6.45) is -2.81. The van der Waals surface area contributed by atoms with Crippen LogP contribution in [-0.2, 0) is 11.0 Å². The molecule has 2 saturated heterocycles. The maximum absolute atomic E-state index is 13.3. The topological polar surface area (TPSA) is 53.1 Å². The summed E-state index contributed by atoms with van der Waals surface area (Å²) in [4.78, 5) is 32.3. The molecule has 0 aliphatic carbocycles. The van der Waals surface area contributed by atoms with E-state index in [1.54, 1.807) is 4.90 Å². The minimum Gasteiger partial charge on any atom is -0.493 e. The van der Waals surface area contributed by atoms with Crippen LogP contribution in [0.2, 0.25) is 0 Å². The van der Waals surface area contributed by atoms with Crippen LogP contribution in [-0.4, -0.2) is 79.4 Å². The summed E-state index contributed by atoms with van der Waals surface area (Å²) in [7, 11) is 2.03. The molecule has 2 aromatic rings. The Morgan fingerprint density at radius 2 is 1.58 bits per heavy atom. The first-order valence-corrected chi connectivity index (χ1v) is 12.3. The van der Waals surface area contributed by atoms with Gasteiger partial charge in [-0.2, -0.15) is 13.2 Å². The zero-order valence-corrected chi connectivity index (χ0v) is 20.5. The zero-order chi connectivity index (χ0) is 25.8. The number of hydrogen-bond acceptors (Lipinski definition) is 4. The third kappa shape index (κ3) is 6.37. The van der Waals surface area contributed by atoms with Gasteiger partial charge in [0.05, 0.1) is 12.2 Å². The second-order valence-corrected chi connectivity index (χ2v) is 9.87. The molecule has 2 aliphatic heterocycles. The van der Waals surface area contributed by atoms with Crippen LogP contribution < -0.4 is 4.74 Å². The Morgan fingerprint density at radius 3 is 2.22 bits per heavy atom. The molecular formula is C27H32F3N3O3. The van der Waals surface area contributed by atoms with Gasteiger partial charge in [0.15, 0.2) is 0 Å². The van der Waals surface area contributed by atoms with E-state index in [-0.39, 0.29) is 30.4 Å². The number of ether oxygens (including phenoxy) is 1. The van der Waals surface area contributed by atoms with Gasteiger partial charge in [-0.25, -0.2) is 0 Å². The maximum Gasteiger partial charge on any atom is 0.416 e. The molecule has 0 N–H and O–H groups in total. The lowest BCUT2D eigenvalue weighted by molar-refractivity contribution is -0.138. The number of hydrogen-bond donors (Lipinski definition) is 0. The van der Waals surface area contributed by atoms with E-state index < -0.39 is 17.2 Å². The molecule has 0 aromatic heterocycles. The Morgan fingerprint density at radius 1 is 0.917 bits per heavy atom. The number of benzene rings is 2. The molecule has 194 valence electrons. The Bertz CT molecular complexity index is 1040. The highest BCUT2D eigenvalue weighted by Crippen LogP contribution is 2.36. The van der Waals surface area contributed by atoms with Crippen LogP contribution in [0, 0.1) is 5.41 Å². The van der Waals surface area contributed by atoms with E-state index in [4.69, 9.17) is 4.74 Å². The molecule has 4 rings (SSSR count). The van der Waals surface area contributed by atoms with Gasteiger partial charge >= 0.3 is 6.18 Å². The quantitative estimate of drug-likeness (QED) is 0.594. The van der Waals surface area contributed by atoms with Crippen molar-refractivity contribution in [2.75, 3.05) is 52.9 Å². The molecule has 2 amide bonds. The lowest BCUT2D eigenvalue weighted by Crippen LogP contribution is -2.53. The predicted molar refractivity (Wildman–Crippen MR) is 130 cm³/mol. The molecule has 2 aliphatic rings. The number of carbonyl (C=O) groups is 2. The first-order valence-electron chi connectivity index (χ1n) is 12.3. The molecule has 2 aromatic carbocycles. The normalized spacial score (nSPS) is 21.3. The van der Waals surface area contributed by atoms with Gasteiger partial charge in [-0.05, 0) is 56.3 Å². The average Bonchev–Trinajstić information content (AvgIpc) is 2.88. The Hall–Kier alpha value is -3.07. The number of amides is 2. The smallest absolute Gasteiger partial charge is 0.416 e. The molecule has 0 bridgehead atoms. The molecule has 36 heavy (non-hydrogen) atoms. The maximum atomic E-state index is 13.3. The van der Waals surface area contributed by atoms with Gasteiger partial charge in [0.2, 0.25) is 5.91 Å². The molecular weight excluding hydrogens is 471 g/mol. The van der Waals surface area contributed by atoms with Crippen molar-refractivity contribution in [2.45, 2.75) is 25.4 Å². The number of nitrogens with zero attached hydrogens (tertiary/aromatic N) is 3. The average molecular weight is 504 g/mol. The van der Waals surface area contributed by atoms with Gasteiger partial charge < -0.3 is 19.4 Å². The van der Waals surface area contributed by atoms with Gasteiger partial charge in [-0.15, -0.1) is 0 Å². The summed E-state index contributed by atoms with van der Waals surface area (Å²) in [5.41, 5.74) is -1.18. The van der Waals surface area contributed by atoms with E-state index >= 15 is 0 Å². The van der Waals surface area contributed by atoms with Crippen molar-refractivity contribution in [2.24, 2.45) is 5.41 Å². The van der Waals surface area contributed by atoms with Crippen molar-refractivity contribution in [3.63, 3.8) is 0 Å². The van der Waals surface area contributed by atoms with E-state index in [0.717, 1.165) is 31.6 Å². The van der Waals surface area contributed by atoms with Crippen molar-refractivity contribution in [3.05, 3.63) is 65.7 Å². The largest absolute Gasteiger partial charge is 0.493 e. The molecule has 0 saturated carbocycles. The Kier molecular flexibility index (Phi) is 7.88. The van der Waals surface area contributed by atoms with Crippen LogP contribution in [0.4, 0.5) is 13.2 Å². The Labute approximate surface area is 209 Å². The number of rotatable bonds is 6. The highest BCUT2D eigenvalue weighted by atomic mass is 19.4. The van der Waals surface area contributed by atoms with E-state index in [1.165, 1.54) is 12.1 Å². The standard InChI is InChI=1S/C27H32F3N3O3/c1-31-14-16-32(17-15-31)24(34)18-26(20-36-23-6-3-2-4-7-23)12-5-13-33(19-26)25(35)21-8-10-22(11-9-21)27(28,29)30/h2-4,6-11H,5,12-20H2,1H3. The van der Waals surface area contributed by atoms with E-state index in [1.807, 2.05) is 42.3 Å². The number of piperidine rings is 1. The number of carbonyl (C=O) groups excluding carboxylic acids is 2. The van der Waals surface area contributed by atoms with Crippen molar-refractivity contribution < 1.29 is 27.5 Å². The summed E-state index contributed by atoms with van der Waals surface area (Å²) in [5.74, 6) is 0.401. The summed E-state index contributed by atoms with van der Waals surface area (Å²) in [6, 6.07) is 13.6. The van der Waals surface area contributed by atoms with Crippen molar-refractivity contribution in [3.8, 4) is 5.75 Å². The third-order valence-corrected chi connectivity index (χ3v) is 7.08. The number of para-hydroxylation sites is 1. The number of likely N-dealkylation sites (tertiary alicyclic amines) is 1. The van der Waals surface area contributed by atoms with Crippen LogP contribution in [0.5, 0.6) is 5.75 Å². The van der Waals surface area contributed by atoms with Crippen molar-refractivity contribution >= 4 is 11.8 Å². The first-order chi connectivity index (χ1) is 17.2. The second-order valence-electron chi connectivity index (χ2n) is 9.87. The molecule has 1 atom stereocenters. The van der Waals surface area contributed by atoms with E-state index in [0.29, 0.717) is 38.3 Å². The highest BCUT2D eigenvalue weighted by molar-refractivity contribution is 5.94. The number of halogens is 3. The molecule has 6 nitrogen and oxygen atoms in total. The monoisotopic (exact) mass is 503 g/mol. The molecule has 1 unspecified atom stereocenters. The molecule has 0 radical (unpaired) electrons.